The van der Waals surface area contributed by atoms with Crippen LogP contribution in [0.4, 0.5) is 0 Å². The lowest BCUT2D eigenvalue weighted by Gasteiger charge is -2.48. The molecule has 0 radical (unpaired) electrons. The molecule has 0 aliphatic carbocycles. The van der Waals surface area contributed by atoms with E-state index in [1.54, 1.807) is 6.08 Å². The summed E-state index contributed by atoms with van der Waals surface area (Å²) < 4.78 is 34.2. The zero-order chi connectivity index (χ0) is 55.5. The lowest BCUT2D eigenvalue weighted by molar-refractivity contribution is -0.379. The van der Waals surface area contributed by atoms with Crippen LogP contribution in [0, 0.1) is 0 Å². The summed E-state index contributed by atoms with van der Waals surface area (Å²) in [5, 5.41) is 120. The minimum absolute atomic E-state index is 0.231. The van der Waals surface area contributed by atoms with Gasteiger partial charge in [-0.3, -0.25) is 4.79 Å². The molecule has 0 aromatic carbocycles. The van der Waals surface area contributed by atoms with Crippen LogP contribution in [0.5, 0.6) is 0 Å². The molecule has 3 heterocycles. The number of nitrogens with one attached hydrogen (secondary N) is 1. The van der Waals surface area contributed by atoms with Crippen LogP contribution < -0.4 is 5.32 Å². The number of ether oxygens (including phenoxy) is 6. The van der Waals surface area contributed by atoms with Crippen molar-refractivity contribution >= 4 is 5.91 Å². The van der Waals surface area contributed by atoms with Gasteiger partial charge in [-0.1, -0.05) is 165 Å². The normalized spacial score (nSPS) is 31.3. The molecule has 19 nitrogen and oxygen atoms in total. The molecular formula is C57H101NO18. The highest BCUT2D eigenvalue weighted by Gasteiger charge is 2.53. The van der Waals surface area contributed by atoms with E-state index in [1.807, 2.05) is 6.08 Å². The number of unbranched alkanes of at least 4 members (excludes halogenated alkanes) is 19. The van der Waals surface area contributed by atoms with Gasteiger partial charge in [0.1, 0.15) is 73.2 Å². The monoisotopic (exact) mass is 1090 g/mol. The van der Waals surface area contributed by atoms with Gasteiger partial charge in [-0.25, -0.2) is 0 Å². The van der Waals surface area contributed by atoms with E-state index in [2.05, 4.69) is 55.6 Å². The highest BCUT2D eigenvalue weighted by Crippen LogP contribution is 2.33. The molecule has 442 valence electrons. The Morgan fingerprint density at radius 3 is 1.42 bits per heavy atom. The molecule has 19 heteroatoms. The summed E-state index contributed by atoms with van der Waals surface area (Å²) >= 11 is 0. The molecule has 3 aliphatic rings. The first kappa shape index (κ1) is 68.0. The fourth-order valence-corrected chi connectivity index (χ4v) is 9.62. The molecule has 3 rings (SSSR count). The molecule has 0 aromatic rings. The zero-order valence-electron chi connectivity index (χ0n) is 45.7. The van der Waals surface area contributed by atoms with Crippen molar-refractivity contribution in [1.82, 2.24) is 5.32 Å². The van der Waals surface area contributed by atoms with Crippen LogP contribution in [0.1, 0.15) is 174 Å². The summed E-state index contributed by atoms with van der Waals surface area (Å²) in [7, 11) is 0. The van der Waals surface area contributed by atoms with Crippen LogP contribution in [0.2, 0.25) is 0 Å². The minimum atomic E-state index is -1.98. The van der Waals surface area contributed by atoms with E-state index < -0.39 is 124 Å². The van der Waals surface area contributed by atoms with Crippen molar-refractivity contribution in [2.24, 2.45) is 0 Å². The van der Waals surface area contributed by atoms with Crippen molar-refractivity contribution in [1.29, 1.82) is 0 Å². The maximum atomic E-state index is 13.3. The third-order valence-electron chi connectivity index (χ3n) is 14.4. The van der Waals surface area contributed by atoms with Crippen LogP contribution in [-0.4, -0.2) is 193 Å². The Labute approximate surface area is 453 Å². The Morgan fingerprint density at radius 2 is 0.908 bits per heavy atom. The summed E-state index contributed by atoms with van der Waals surface area (Å²) in [6.07, 6.45) is 16.6. The highest BCUT2D eigenvalue weighted by atomic mass is 16.8. The van der Waals surface area contributed by atoms with E-state index in [9.17, 15) is 61.0 Å². The second-order valence-electron chi connectivity index (χ2n) is 20.7. The smallest absolute Gasteiger partial charge is 0.220 e. The summed E-state index contributed by atoms with van der Waals surface area (Å²) in [5.41, 5.74) is 0. The van der Waals surface area contributed by atoms with Gasteiger partial charge in [0.2, 0.25) is 5.91 Å². The molecule has 0 saturated carbocycles. The van der Waals surface area contributed by atoms with Crippen LogP contribution >= 0.6 is 0 Å². The van der Waals surface area contributed by atoms with Crippen LogP contribution in [0.25, 0.3) is 0 Å². The average Bonchev–Trinajstić information content (AvgIpc) is 3.41. The second-order valence-corrected chi connectivity index (χ2v) is 20.7. The summed E-state index contributed by atoms with van der Waals surface area (Å²) in [6, 6.07) is -0.978. The molecule has 12 N–H and O–H groups in total. The third kappa shape index (κ3) is 25.0. The van der Waals surface area contributed by atoms with Gasteiger partial charge in [-0.15, -0.1) is 0 Å². The van der Waals surface area contributed by atoms with E-state index in [1.165, 1.54) is 57.8 Å². The number of allylic oxidation sites excluding steroid dienone is 7. The molecule has 3 fully saturated rings. The van der Waals surface area contributed by atoms with Gasteiger partial charge in [0.15, 0.2) is 18.9 Å². The van der Waals surface area contributed by atoms with Crippen molar-refractivity contribution in [2.45, 2.75) is 279 Å². The molecule has 3 aliphatic heterocycles. The van der Waals surface area contributed by atoms with Gasteiger partial charge < -0.3 is 89.9 Å². The van der Waals surface area contributed by atoms with E-state index in [0.717, 1.165) is 89.9 Å². The number of aliphatic hydroxyl groups excluding tert-OH is 11. The van der Waals surface area contributed by atoms with Crippen molar-refractivity contribution in [3.05, 3.63) is 48.6 Å². The largest absolute Gasteiger partial charge is 0.394 e. The topological polar surface area (TPSA) is 307 Å². The number of rotatable bonds is 41. The fourth-order valence-electron chi connectivity index (χ4n) is 9.62. The second kappa shape index (κ2) is 40.9. The molecule has 0 aromatic heterocycles. The van der Waals surface area contributed by atoms with E-state index in [-0.39, 0.29) is 18.9 Å². The number of carbonyl (C=O) groups is 1. The summed E-state index contributed by atoms with van der Waals surface area (Å²) in [6.45, 7) is 1.58. The summed E-state index contributed by atoms with van der Waals surface area (Å²) in [5.74, 6) is -0.289. The molecule has 0 spiro atoms. The Morgan fingerprint density at radius 1 is 0.487 bits per heavy atom. The lowest BCUT2D eigenvalue weighted by atomic mass is 9.96. The standard InChI is InChI=1S/C57H101NO18/c1-3-5-7-9-11-13-15-17-19-20-21-23-25-27-29-31-33-35-45(63)58-40(41(62)34-32-30-28-26-24-22-18-16-14-12-10-8-6-4-2)39-71-55-51(69)48(66)53(43(37-60)73-55)76-57-52(70)49(67)54(44(38-61)74-57)75-56-50(68)47(65)46(64)42(36-59)72-56/h5,7,11,13,17,19,32,34,40-44,46-57,59-62,64-70H,3-4,6,8-10,12,14-16,18,20-31,33,35-39H2,1-2H3,(H,58,63)/b7-5-,13-11-,19-17-,34-32+. The van der Waals surface area contributed by atoms with Gasteiger partial charge >= 0.3 is 0 Å². The first-order chi connectivity index (χ1) is 36.8. The van der Waals surface area contributed by atoms with Crippen LogP contribution in [0.15, 0.2) is 48.6 Å². The third-order valence-corrected chi connectivity index (χ3v) is 14.4. The molecule has 76 heavy (non-hydrogen) atoms. The van der Waals surface area contributed by atoms with E-state index in [0.29, 0.717) is 6.42 Å². The van der Waals surface area contributed by atoms with Gasteiger partial charge in [0.05, 0.1) is 38.6 Å². The lowest BCUT2D eigenvalue weighted by Crippen LogP contribution is -2.66. The number of amides is 1. The Kier molecular flexibility index (Phi) is 36.6. The van der Waals surface area contributed by atoms with E-state index >= 15 is 0 Å². The molecule has 1 amide bonds. The maximum Gasteiger partial charge on any atom is 0.220 e. The maximum absolute atomic E-state index is 13.3. The minimum Gasteiger partial charge on any atom is -0.394 e. The molecular weight excluding hydrogens is 987 g/mol. The molecule has 17 atom stereocenters. The van der Waals surface area contributed by atoms with Crippen molar-refractivity contribution in [3.8, 4) is 0 Å². The Hall–Kier alpha value is -2.25. The Bertz CT molecular complexity index is 1580. The van der Waals surface area contributed by atoms with Gasteiger partial charge in [-0.2, -0.15) is 0 Å². The molecule has 17 unspecified atom stereocenters. The summed E-state index contributed by atoms with van der Waals surface area (Å²) in [4.78, 5) is 13.3. The number of hydrogen-bond acceptors (Lipinski definition) is 18. The Balaban J connectivity index is 1.53. The number of hydrogen-bond donors (Lipinski definition) is 12. The van der Waals surface area contributed by atoms with Gasteiger partial charge in [-0.05, 0) is 51.4 Å². The predicted molar refractivity (Wildman–Crippen MR) is 286 cm³/mol. The first-order valence-corrected chi connectivity index (χ1v) is 28.9. The molecule has 0 bridgehead atoms. The quantitative estimate of drug-likeness (QED) is 0.0300. The fraction of sp³-hybridized carbons (Fsp3) is 0.842. The number of aliphatic hydroxyl groups is 11. The van der Waals surface area contributed by atoms with Gasteiger partial charge in [0, 0.05) is 6.42 Å². The van der Waals surface area contributed by atoms with Crippen molar-refractivity contribution in [2.75, 3.05) is 26.4 Å². The van der Waals surface area contributed by atoms with Crippen LogP contribution in [-0.2, 0) is 33.2 Å². The first-order valence-electron chi connectivity index (χ1n) is 28.9. The highest BCUT2D eigenvalue weighted by molar-refractivity contribution is 5.76. The zero-order valence-corrected chi connectivity index (χ0v) is 45.7. The molecule has 3 saturated heterocycles. The SMILES string of the molecule is CC/C=C\C/C=C\C/C=C\CCCCCCCCCC(=O)NC(COC1OC(CO)C(OC2OC(CO)C(OC3OC(CO)C(O)C(O)C3O)C(O)C2O)C(O)C1O)C(O)/C=C/CCCCCCCCCCCCCC. The van der Waals surface area contributed by atoms with Crippen LogP contribution in [0.3, 0.4) is 0 Å². The van der Waals surface area contributed by atoms with Gasteiger partial charge in [0.25, 0.3) is 0 Å². The van der Waals surface area contributed by atoms with Crippen molar-refractivity contribution < 1.29 is 89.4 Å². The van der Waals surface area contributed by atoms with Crippen molar-refractivity contribution in [3.63, 3.8) is 0 Å². The predicted octanol–water partition coefficient (Wildman–Crippen LogP) is 4.31. The number of carbonyl (C=O) groups excluding carboxylic acids is 1. The average molecular weight is 1090 g/mol. The van der Waals surface area contributed by atoms with E-state index in [4.69, 9.17) is 28.4 Å².